The predicted molar refractivity (Wildman–Crippen MR) is 146 cm³/mol. The maximum absolute atomic E-state index is 14.0. The number of aryl methyl sites for hydroxylation is 1. The van der Waals surface area contributed by atoms with Crippen LogP contribution in [0.15, 0.2) is 72.8 Å². The third-order valence-electron chi connectivity index (χ3n) is 6.64. The van der Waals surface area contributed by atoms with Crippen molar-refractivity contribution in [3.63, 3.8) is 0 Å². The smallest absolute Gasteiger partial charge is 0.254 e. The molecule has 0 aliphatic carbocycles. The molecule has 1 aromatic heterocycles. The van der Waals surface area contributed by atoms with Gasteiger partial charge in [-0.3, -0.25) is 4.79 Å². The number of hydrogen-bond donors (Lipinski definition) is 0. The topological polar surface area (TPSA) is 65.8 Å². The lowest BCUT2D eigenvalue weighted by Gasteiger charge is -2.26. The van der Waals surface area contributed by atoms with Gasteiger partial charge in [0.25, 0.3) is 5.91 Å². The summed E-state index contributed by atoms with van der Waals surface area (Å²) in [5, 5.41) is 5.37. The summed E-state index contributed by atoms with van der Waals surface area (Å²) in [4.78, 5) is 15.4. The number of benzene rings is 3. The van der Waals surface area contributed by atoms with Gasteiger partial charge in [0, 0.05) is 23.7 Å². The summed E-state index contributed by atoms with van der Waals surface area (Å²) in [6.45, 7) is 3.06. The van der Waals surface area contributed by atoms with Crippen LogP contribution in [-0.2, 0) is 11.3 Å². The molecule has 1 atom stereocenters. The molecular weight excluding hydrogens is 521 g/mol. The van der Waals surface area contributed by atoms with E-state index in [4.69, 9.17) is 30.9 Å². The van der Waals surface area contributed by atoms with Gasteiger partial charge in [-0.25, -0.2) is 9.07 Å². The summed E-state index contributed by atoms with van der Waals surface area (Å²) in [5.41, 5.74) is 2.39. The molecule has 0 radical (unpaired) electrons. The van der Waals surface area contributed by atoms with E-state index >= 15 is 0 Å². The molecule has 0 spiro atoms. The van der Waals surface area contributed by atoms with Crippen molar-refractivity contribution < 1.29 is 23.4 Å². The zero-order valence-corrected chi connectivity index (χ0v) is 22.5. The summed E-state index contributed by atoms with van der Waals surface area (Å²) < 4.78 is 33.5. The van der Waals surface area contributed by atoms with Gasteiger partial charge < -0.3 is 19.1 Å². The molecule has 202 valence electrons. The van der Waals surface area contributed by atoms with Crippen LogP contribution in [0.1, 0.15) is 34.5 Å². The van der Waals surface area contributed by atoms with E-state index in [-0.39, 0.29) is 24.1 Å². The average Bonchev–Trinajstić information content (AvgIpc) is 3.57. The highest BCUT2D eigenvalue weighted by molar-refractivity contribution is 6.30. The van der Waals surface area contributed by atoms with Crippen LogP contribution in [0.4, 0.5) is 4.39 Å². The molecule has 7 nitrogen and oxygen atoms in total. The number of aromatic nitrogens is 2. The van der Waals surface area contributed by atoms with Crippen LogP contribution >= 0.6 is 11.6 Å². The van der Waals surface area contributed by atoms with Gasteiger partial charge in [0.15, 0.2) is 11.5 Å². The van der Waals surface area contributed by atoms with Gasteiger partial charge in [-0.15, -0.1) is 0 Å². The fourth-order valence-electron chi connectivity index (χ4n) is 4.64. The fourth-order valence-corrected chi connectivity index (χ4v) is 4.76. The molecule has 1 saturated heterocycles. The molecule has 4 aromatic rings. The van der Waals surface area contributed by atoms with Crippen molar-refractivity contribution in [3.8, 4) is 23.1 Å². The Bertz CT molecular complexity index is 1450. The van der Waals surface area contributed by atoms with Crippen LogP contribution in [0, 0.1) is 12.7 Å². The largest absolute Gasteiger partial charge is 0.493 e. The Morgan fingerprint density at radius 1 is 1.13 bits per heavy atom. The number of halogens is 2. The Morgan fingerprint density at radius 3 is 2.59 bits per heavy atom. The van der Waals surface area contributed by atoms with Crippen molar-refractivity contribution in [2.45, 2.75) is 32.4 Å². The van der Waals surface area contributed by atoms with E-state index in [9.17, 15) is 9.18 Å². The van der Waals surface area contributed by atoms with Gasteiger partial charge in [0.1, 0.15) is 5.82 Å². The van der Waals surface area contributed by atoms with E-state index in [1.165, 1.54) is 18.2 Å². The minimum absolute atomic E-state index is 0.104. The minimum Gasteiger partial charge on any atom is -0.493 e. The summed E-state index contributed by atoms with van der Waals surface area (Å²) in [7, 11) is 1.58. The van der Waals surface area contributed by atoms with Crippen molar-refractivity contribution in [1.82, 2.24) is 14.7 Å². The average molecular weight is 550 g/mol. The third kappa shape index (κ3) is 6.08. The fraction of sp³-hybridized carbons (Fsp3) is 0.267. The first-order chi connectivity index (χ1) is 18.9. The van der Waals surface area contributed by atoms with Gasteiger partial charge in [-0.05, 0) is 74.4 Å². The second-order valence-corrected chi connectivity index (χ2v) is 9.78. The van der Waals surface area contributed by atoms with E-state index in [0.29, 0.717) is 46.8 Å². The van der Waals surface area contributed by atoms with Crippen LogP contribution in [0.3, 0.4) is 0 Å². The van der Waals surface area contributed by atoms with Gasteiger partial charge >= 0.3 is 0 Å². The molecule has 39 heavy (non-hydrogen) atoms. The van der Waals surface area contributed by atoms with Crippen molar-refractivity contribution >= 4 is 17.5 Å². The van der Waals surface area contributed by atoms with Crippen LogP contribution in [0.2, 0.25) is 5.02 Å². The molecule has 1 amide bonds. The quantitative estimate of drug-likeness (QED) is 0.235. The van der Waals surface area contributed by atoms with E-state index in [2.05, 4.69) is 0 Å². The van der Waals surface area contributed by atoms with E-state index in [1.54, 1.807) is 41.0 Å². The van der Waals surface area contributed by atoms with Crippen LogP contribution in [0.25, 0.3) is 5.69 Å². The van der Waals surface area contributed by atoms with Gasteiger partial charge in [0.05, 0.1) is 36.7 Å². The molecular formula is C30H29ClFN3O4. The molecule has 1 aliphatic heterocycles. The number of ether oxygens (including phenoxy) is 3. The van der Waals surface area contributed by atoms with Gasteiger partial charge in [-0.2, -0.15) is 5.10 Å². The van der Waals surface area contributed by atoms with Gasteiger partial charge in [0.2, 0.25) is 5.88 Å². The lowest BCUT2D eigenvalue weighted by Crippen LogP contribution is -2.37. The normalized spacial score (nSPS) is 14.8. The summed E-state index contributed by atoms with van der Waals surface area (Å²) in [5.74, 6) is 0.718. The third-order valence-corrected chi connectivity index (χ3v) is 6.89. The molecule has 0 saturated carbocycles. The first kappa shape index (κ1) is 26.7. The summed E-state index contributed by atoms with van der Waals surface area (Å²) >= 11 is 6.14. The second kappa shape index (κ2) is 11.9. The zero-order chi connectivity index (χ0) is 27.4. The number of hydrogen-bond acceptors (Lipinski definition) is 5. The molecule has 1 aliphatic rings. The standard InChI is InChI=1S/C30H29ClFN3O4/c1-20-26(19-34(18-25-9-6-16-38-25)29(36)21-7-5-8-23(32)17-21)30(39-28-11-4-3-10-27(28)37-2)35(33-20)24-14-12-22(31)13-15-24/h3-5,7-8,10-15,17,25H,6,9,16,18-19H2,1-2H3/t25-/m1/s1. The molecule has 0 unspecified atom stereocenters. The Kier molecular flexibility index (Phi) is 8.14. The Labute approximate surface area is 231 Å². The van der Waals surface area contributed by atoms with Gasteiger partial charge in [-0.1, -0.05) is 29.8 Å². The minimum atomic E-state index is -0.468. The molecule has 1 fully saturated rings. The molecule has 0 N–H and O–H groups in total. The van der Waals surface area contributed by atoms with Crippen LogP contribution in [0.5, 0.6) is 17.4 Å². The summed E-state index contributed by atoms with van der Waals surface area (Å²) in [6.07, 6.45) is 1.68. The van der Waals surface area contributed by atoms with Crippen molar-refractivity contribution in [2.24, 2.45) is 0 Å². The molecule has 5 rings (SSSR count). The lowest BCUT2D eigenvalue weighted by atomic mass is 10.1. The molecule has 2 heterocycles. The van der Waals surface area contributed by atoms with Crippen molar-refractivity contribution in [3.05, 3.63) is 100 Å². The first-order valence-corrected chi connectivity index (χ1v) is 13.1. The lowest BCUT2D eigenvalue weighted by molar-refractivity contribution is 0.0505. The second-order valence-electron chi connectivity index (χ2n) is 9.34. The first-order valence-electron chi connectivity index (χ1n) is 12.7. The maximum atomic E-state index is 14.0. The number of methoxy groups -OCH3 is 1. The number of rotatable bonds is 9. The Hall–Kier alpha value is -3.88. The number of carbonyl (C=O) groups is 1. The number of amides is 1. The number of para-hydroxylation sites is 2. The van der Waals surface area contributed by atoms with Crippen LogP contribution in [-0.4, -0.2) is 47.0 Å². The monoisotopic (exact) mass is 549 g/mol. The maximum Gasteiger partial charge on any atom is 0.254 e. The molecule has 3 aromatic carbocycles. The molecule has 0 bridgehead atoms. The van der Waals surface area contributed by atoms with Crippen molar-refractivity contribution in [2.75, 3.05) is 20.3 Å². The van der Waals surface area contributed by atoms with Crippen molar-refractivity contribution in [1.29, 1.82) is 0 Å². The van der Waals surface area contributed by atoms with E-state index in [1.807, 2.05) is 37.3 Å². The molecule has 9 heteroatoms. The zero-order valence-electron chi connectivity index (χ0n) is 21.8. The predicted octanol–water partition coefficient (Wildman–Crippen LogP) is 6.60. The highest BCUT2D eigenvalue weighted by Gasteiger charge is 2.28. The van der Waals surface area contributed by atoms with E-state index < -0.39 is 5.82 Å². The Balaban J connectivity index is 1.57. The summed E-state index contributed by atoms with van der Waals surface area (Å²) in [6, 6.07) is 20.3. The SMILES string of the molecule is COc1ccccc1Oc1c(CN(C[C@H]2CCCO2)C(=O)c2cccc(F)c2)c(C)nn1-c1ccc(Cl)cc1. The highest BCUT2D eigenvalue weighted by atomic mass is 35.5. The Morgan fingerprint density at radius 2 is 1.90 bits per heavy atom. The van der Waals surface area contributed by atoms with E-state index in [0.717, 1.165) is 18.5 Å². The number of nitrogens with zero attached hydrogens (tertiary/aromatic N) is 3. The number of carbonyl (C=O) groups excluding carboxylic acids is 1. The van der Waals surface area contributed by atoms with Crippen LogP contribution < -0.4 is 9.47 Å². The highest BCUT2D eigenvalue weighted by Crippen LogP contribution is 2.36.